The predicted octanol–water partition coefficient (Wildman–Crippen LogP) is 6.39. The summed E-state index contributed by atoms with van der Waals surface area (Å²) in [6, 6.07) is 33.9. The fraction of sp³-hybridized carbons (Fsp3) is 0.0357. The lowest BCUT2D eigenvalue weighted by Crippen LogP contribution is -2.24. The molecular formula is C28H19N3OS. The van der Waals surface area contributed by atoms with E-state index >= 15 is 0 Å². The molecule has 5 heteroatoms. The molecule has 2 heterocycles. The summed E-state index contributed by atoms with van der Waals surface area (Å²) >= 11 is 1.55. The summed E-state index contributed by atoms with van der Waals surface area (Å²) in [6.45, 7) is 0.452. The maximum Gasteiger partial charge on any atom is 0.263 e. The summed E-state index contributed by atoms with van der Waals surface area (Å²) in [5, 5.41) is 1.53. The van der Waals surface area contributed by atoms with E-state index in [9.17, 15) is 4.79 Å². The fourth-order valence-electron chi connectivity index (χ4n) is 4.11. The zero-order valence-electron chi connectivity index (χ0n) is 17.7. The minimum atomic E-state index is -0.0448. The van der Waals surface area contributed by atoms with Crippen LogP contribution in [-0.4, -0.2) is 14.5 Å². The molecule has 0 aliphatic carbocycles. The SMILES string of the molecule is O=c1c2c(ccc3nc(-c4ccccc4)sc32)nc(-c2ccccc2)n1Cc1ccccc1. The number of thiazole rings is 1. The lowest BCUT2D eigenvalue weighted by atomic mass is 10.1. The van der Waals surface area contributed by atoms with E-state index in [0.29, 0.717) is 23.3 Å². The van der Waals surface area contributed by atoms with E-state index in [1.165, 1.54) is 0 Å². The first-order chi connectivity index (χ1) is 16.3. The van der Waals surface area contributed by atoms with Crippen molar-refractivity contribution >= 4 is 32.5 Å². The van der Waals surface area contributed by atoms with Crippen LogP contribution < -0.4 is 5.56 Å². The number of aromatic nitrogens is 3. The molecule has 0 bridgehead atoms. The van der Waals surface area contributed by atoms with Gasteiger partial charge in [0.1, 0.15) is 10.8 Å². The van der Waals surface area contributed by atoms with Gasteiger partial charge in [-0.05, 0) is 17.7 Å². The molecule has 33 heavy (non-hydrogen) atoms. The van der Waals surface area contributed by atoms with Crippen molar-refractivity contribution in [3.05, 3.63) is 119 Å². The van der Waals surface area contributed by atoms with Crippen molar-refractivity contribution in [2.75, 3.05) is 0 Å². The first kappa shape index (κ1) is 19.6. The Bertz CT molecular complexity index is 1640. The van der Waals surface area contributed by atoms with Crippen LogP contribution in [0.3, 0.4) is 0 Å². The van der Waals surface area contributed by atoms with E-state index in [2.05, 4.69) is 0 Å². The molecule has 6 aromatic rings. The third-order valence-electron chi connectivity index (χ3n) is 5.71. The van der Waals surface area contributed by atoms with Crippen LogP contribution in [0.2, 0.25) is 0 Å². The van der Waals surface area contributed by atoms with E-state index in [-0.39, 0.29) is 5.56 Å². The largest absolute Gasteiger partial charge is 0.288 e. The molecule has 0 saturated heterocycles. The van der Waals surface area contributed by atoms with Gasteiger partial charge in [-0.1, -0.05) is 91.0 Å². The molecule has 0 saturated carbocycles. The first-order valence-electron chi connectivity index (χ1n) is 10.8. The minimum absolute atomic E-state index is 0.0448. The van der Waals surface area contributed by atoms with Crippen LogP contribution in [0.4, 0.5) is 0 Å². The van der Waals surface area contributed by atoms with E-state index in [0.717, 1.165) is 31.9 Å². The smallest absolute Gasteiger partial charge is 0.263 e. The molecule has 0 aliphatic heterocycles. The number of hydrogen-bond acceptors (Lipinski definition) is 4. The van der Waals surface area contributed by atoms with Gasteiger partial charge in [0.05, 0.1) is 27.7 Å². The Morgan fingerprint density at radius 1 is 0.667 bits per heavy atom. The lowest BCUT2D eigenvalue weighted by Gasteiger charge is -2.14. The Morgan fingerprint density at radius 2 is 1.27 bits per heavy atom. The van der Waals surface area contributed by atoms with Crippen molar-refractivity contribution in [1.82, 2.24) is 14.5 Å². The van der Waals surface area contributed by atoms with Crippen LogP contribution in [0, 0.1) is 0 Å². The average Bonchev–Trinajstić information content (AvgIpc) is 3.32. The van der Waals surface area contributed by atoms with Crippen molar-refractivity contribution < 1.29 is 0 Å². The first-order valence-corrected chi connectivity index (χ1v) is 11.6. The average molecular weight is 446 g/mol. The molecule has 0 radical (unpaired) electrons. The Balaban J connectivity index is 1.63. The molecule has 0 aliphatic rings. The summed E-state index contributed by atoms with van der Waals surface area (Å²) < 4.78 is 2.67. The Hall–Kier alpha value is -4.09. The third-order valence-corrected chi connectivity index (χ3v) is 6.85. The highest BCUT2D eigenvalue weighted by Gasteiger charge is 2.18. The monoisotopic (exact) mass is 445 g/mol. The Morgan fingerprint density at radius 3 is 1.97 bits per heavy atom. The van der Waals surface area contributed by atoms with Crippen LogP contribution in [0.1, 0.15) is 5.56 Å². The summed E-state index contributed by atoms with van der Waals surface area (Å²) in [4.78, 5) is 23.8. The molecule has 0 spiro atoms. The fourth-order valence-corrected chi connectivity index (χ4v) is 5.21. The summed E-state index contributed by atoms with van der Waals surface area (Å²) in [6.07, 6.45) is 0. The van der Waals surface area contributed by atoms with Crippen LogP contribution in [-0.2, 0) is 6.54 Å². The summed E-state index contributed by atoms with van der Waals surface area (Å²) in [5.41, 5.74) is 4.49. The zero-order chi connectivity index (χ0) is 22.2. The van der Waals surface area contributed by atoms with Crippen LogP contribution in [0.5, 0.6) is 0 Å². The quantitative estimate of drug-likeness (QED) is 0.316. The van der Waals surface area contributed by atoms with Crippen molar-refractivity contribution in [2.24, 2.45) is 0 Å². The highest BCUT2D eigenvalue weighted by atomic mass is 32.1. The standard InChI is InChI=1S/C28H19N3OS/c32-28-24-22(16-17-23-25(24)33-27(30-23)21-14-8-3-9-15-21)29-26(20-12-6-2-7-13-20)31(28)18-19-10-4-1-5-11-19/h1-17H,18H2. The van der Waals surface area contributed by atoms with E-state index in [4.69, 9.17) is 9.97 Å². The minimum Gasteiger partial charge on any atom is -0.288 e. The molecule has 0 atom stereocenters. The molecule has 4 nitrogen and oxygen atoms in total. The van der Waals surface area contributed by atoms with Gasteiger partial charge in [0, 0.05) is 11.1 Å². The maximum atomic E-state index is 14.0. The predicted molar refractivity (Wildman–Crippen MR) is 136 cm³/mol. The van der Waals surface area contributed by atoms with Crippen LogP contribution in [0.25, 0.3) is 43.1 Å². The topological polar surface area (TPSA) is 47.8 Å². The number of rotatable bonds is 4. The van der Waals surface area contributed by atoms with E-state index < -0.39 is 0 Å². The highest BCUT2D eigenvalue weighted by Crippen LogP contribution is 2.34. The third kappa shape index (κ3) is 3.52. The molecule has 4 aromatic carbocycles. The number of nitrogens with zero attached hydrogens (tertiary/aromatic N) is 3. The Labute approximate surface area is 194 Å². The normalized spacial score (nSPS) is 11.3. The number of fused-ring (bicyclic) bond motifs is 3. The summed E-state index contributed by atoms with van der Waals surface area (Å²) in [5.74, 6) is 0.670. The maximum absolute atomic E-state index is 14.0. The van der Waals surface area contributed by atoms with Gasteiger partial charge in [-0.25, -0.2) is 9.97 Å². The Kier molecular flexibility index (Phi) is 4.82. The van der Waals surface area contributed by atoms with Gasteiger partial charge in [-0.15, -0.1) is 11.3 Å². The van der Waals surface area contributed by atoms with E-state index in [1.54, 1.807) is 15.9 Å². The van der Waals surface area contributed by atoms with Crippen molar-refractivity contribution in [3.8, 4) is 22.0 Å². The molecule has 0 N–H and O–H groups in total. The number of hydrogen-bond donors (Lipinski definition) is 0. The van der Waals surface area contributed by atoms with Gasteiger partial charge >= 0.3 is 0 Å². The van der Waals surface area contributed by atoms with Crippen LogP contribution in [0.15, 0.2) is 108 Å². The van der Waals surface area contributed by atoms with Gasteiger partial charge in [0.25, 0.3) is 5.56 Å². The molecule has 6 rings (SSSR count). The molecule has 0 amide bonds. The second kappa shape index (κ2) is 8.11. The lowest BCUT2D eigenvalue weighted by molar-refractivity contribution is 0.760. The second-order valence-corrected chi connectivity index (χ2v) is 8.87. The van der Waals surface area contributed by atoms with Gasteiger partial charge in [-0.3, -0.25) is 9.36 Å². The van der Waals surface area contributed by atoms with Gasteiger partial charge in [0.15, 0.2) is 0 Å². The molecular weight excluding hydrogens is 426 g/mol. The summed E-state index contributed by atoms with van der Waals surface area (Å²) in [7, 11) is 0. The van der Waals surface area contributed by atoms with Gasteiger partial charge in [0.2, 0.25) is 0 Å². The molecule has 0 fully saturated rings. The van der Waals surface area contributed by atoms with Gasteiger partial charge in [-0.2, -0.15) is 0 Å². The molecule has 0 unspecified atom stereocenters. The highest BCUT2D eigenvalue weighted by molar-refractivity contribution is 7.22. The van der Waals surface area contributed by atoms with Crippen LogP contribution >= 0.6 is 11.3 Å². The van der Waals surface area contributed by atoms with Gasteiger partial charge < -0.3 is 0 Å². The van der Waals surface area contributed by atoms with Crippen molar-refractivity contribution in [3.63, 3.8) is 0 Å². The van der Waals surface area contributed by atoms with Crippen molar-refractivity contribution in [1.29, 1.82) is 0 Å². The second-order valence-electron chi connectivity index (χ2n) is 7.87. The molecule has 2 aromatic heterocycles. The molecule has 158 valence electrons. The number of benzene rings is 4. The van der Waals surface area contributed by atoms with E-state index in [1.807, 2.05) is 103 Å². The zero-order valence-corrected chi connectivity index (χ0v) is 18.5. The van der Waals surface area contributed by atoms with Crippen molar-refractivity contribution in [2.45, 2.75) is 6.54 Å².